The first-order chi connectivity index (χ1) is 17.6. The Morgan fingerprint density at radius 2 is 1.38 bits per heavy atom. The van der Waals surface area contributed by atoms with Crippen LogP contribution in [0.2, 0.25) is 0 Å². The second-order valence-corrected chi connectivity index (χ2v) is 11.6. The first kappa shape index (κ1) is 25.8. The predicted molar refractivity (Wildman–Crippen MR) is 140 cm³/mol. The molecule has 4 aromatic rings. The maximum atomic E-state index is 13.2. The van der Waals surface area contributed by atoms with Gasteiger partial charge in [-0.05, 0) is 61.5 Å². The highest BCUT2D eigenvalue weighted by Gasteiger charge is 2.25. The third kappa shape index (κ3) is 5.76. The van der Waals surface area contributed by atoms with Gasteiger partial charge in [-0.15, -0.1) is 0 Å². The van der Waals surface area contributed by atoms with Gasteiger partial charge in [-0.2, -0.15) is 0 Å². The summed E-state index contributed by atoms with van der Waals surface area (Å²) >= 11 is 0. The van der Waals surface area contributed by atoms with Crippen LogP contribution >= 0.6 is 0 Å². The summed E-state index contributed by atoms with van der Waals surface area (Å²) in [5.41, 5.74) is 1.55. The number of hydrogen-bond donors (Lipinski definition) is 2. The maximum Gasteiger partial charge on any atom is 0.264 e. The number of hydrogen-bond acceptors (Lipinski definition) is 7. The standard InChI is InChI=1S/C25H23N5O5S2/c1-18-8-12-21(13-9-18)37(34,35)30(2)23-7-4-3-6-22(23)24(31)28-19-10-14-20(15-11-19)36(32,33)29-25-26-16-5-17-27-25/h3-17H,1-2H3,(H,28,31)(H,26,27,29). The van der Waals surface area contributed by atoms with E-state index in [2.05, 4.69) is 20.0 Å². The quantitative estimate of drug-likeness (QED) is 0.350. The lowest BCUT2D eigenvalue weighted by atomic mass is 10.1. The van der Waals surface area contributed by atoms with Gasteiger partial charge in [0.1, 0.15) is 0 Å². The minimum atomic E-state index is -3.94. The number of amides is 1. The summed E-state index contributed by atoms with van der Waals surface area (Å²) in [6.07, 6.45) is 2.82. The molecular weight excluding hydrogens is 514 g/mol. The molecule has 0 aliphatic heterocycles. The van der Waals surface area contributed by atoms with Crippen LogP contribution in [0, 0.1) is 6.92 Å². The molecule has 4 rings (SSSR count). The van der Waals surface area contributed by atoms with E-state index in [-0.39, 0.29) is 27.0 Å². The zero-order chi connectivity index (χ0) is 26.6. The number of anilines is 3. The smallest absolute Gasteiger partial charge is 0.264 e. The molecular formula is C25H23N5O5S2. The Bertz CT molecular complexity index is 1630. The molecule has 0 unspecified atom stereocenters. The van der Waals surface area contributed by atoms with Crippen LogP contribution in [-0.2, 0) is 20.0 Å². The largest absolute Gasteiger partial charge is 0.322 e. The van der Waals surface area contributed by atoms with Gasteiger partial charge in [0.15, 0.2) is 0 Å². The number of carbonyl (C=O) groups excluding carboxylic acids is 1. The monoisotopic (exact) mass is 537 g/mol. The SMILES string of the molecule is Cc1ccc(S(=O)(=O)N(C)c2ccccc2C(=O)Nc2ccc(S(=O)(=O)Nc3ncccn3)cc2)cc1. The summed E-state index contributed by atoms with van der Waals surface area (Å²) in [4.78, 5) is 20.8. The topological polar surface area (TPSA) is 138 Å². The second kappa shape index (κ2) is 10.4. The fourth-order valence-corrected chi connectivity index (χ4v) is 5.56. The number of benzene rings is 3. The number of nitrogens with one attached hydrogen (secondary N) is 2. The van der Waals surface area contributed by atoms with E-state index in [0.29, 0.717) is 5.69 Å². The number of rotatable bonds is 8. The van der Waals surface area contributed by atoms with E-state index in [1.807, 2.05) is 6.92 Å². The zero-order valence-electron chi connectivity index (χ0n) is 19.9. The number of carbonyl (C=O) groups is 1. The van der Waals surface area contributed by atoms with Crippen molar-refractivity contribution in [2.45, 2.75) is 16.7 Å². The summed E-state index contributed by atoms with van der Waals surface area (Å²) in [7, 11) is -6.47. The second-order valence-electron chi connectivity index (χ2n) is 7.96. The first-order valence-electron chi connectivity index (χ1n) is 10.9. The average Bonchev–Trinajstić information content (AvgIpc) is 2.89. The third-order valence-corrected chi connectivity index (χ3v) is 8.51. The van der Waals surface area contributed by atoms with E-state index in [4.69, 9.17) is 0 Å². The van der Waals surface area contributed by atoms with Gasteiger partial charge in [-0.3, -0.25) is 9.10 Å². The molecule has 37 heavy (non-hydrogen) atoms. The molecule has 0 radical (unpaired) electrons. The Labute approximate surface area is 215 Å². The maximum absolute atomic E-state index is 13.2. The van der Waals surface area contributed by atoms with Crippen molar-refractivity contribution in [1.82, 2.24) is 9.97 Å². The number of aryl methyl sites for hydroxylation is 1. The summed E-state index contributed by atoms with van der Waals surface area (Å²) in [6.45, 7) is 1.86. The normalized spacial score (nSPS) is 11.5. The van der Waals surface area contributed by atoms with E-state index in [9.17, 15) is 21.6 Å². The summed E-state index contributed by atoms with van der Waals surface area (Å²) in [6, 6.07) is 19.8. The molecule has 0 aliphatic rings. The van der Waals surface area contributed by atoms with E-state index in [1.165, 1.54) is 68.0 Å². The molecule has 0 bridgehead atoms. The highest BCUT2D eigenvalue weighted by atomic mass is 32.2. The van der Waals surface area contributed by atoms with Gasteiger partial charge in [0, 0.05) is 25.1 Å². The highest BCUT2D eigenvalue weighted by molar-refractivity contribution is 7.93. The van der Waals surface area contributed by atoms with Gasteiger partial charge < -0.3 is 5.32 Å². The van der Waals surface area contributed by atoms with Crippen LogP contribution in [0.5, 0.6) is 0 Å². The molecule has 1 amide bonds. The zero-order valence-corrected chi connectivity index (χ0v) is 21.5. The van der Waals surface area contributed by atoms with Gasteiger partial charge in [-0.25, -0.2) is 31.5 Å². The average molecular weight is 538 g/mol. The van der Waals surface area contributed by atoms with Gasteiger partial charge >= 0.3 is 0 Å². The molecule has 2 N–H and O–H groups in total. The van der Waals surface area contributed by atoms with Gasteiger partial charge in [0.2, 0.25) is 5.95 Å². The van der Waals surface area contributed by atoms with Crippen LogP contribution in [0.3, 0.4) is 0 Å². The fourth-order valence-electron chi connectivity index (χ4n) is 3.38. The van der Waals surface area contributed by atoms with Crippen molar-refractivity contribution in [2.75, 3.05) is 21.4 Å². The molecule has 0 saturated heterocycles. The number of nitrogens with zero attached hydrogens (tertiary/aromatic N) is 3. The van der Waals surface area contributed by atoms with Crippen molar-refractivity contribution in [2.24, 2.45) is 0 Å². The first-order valence-corrected chi connectivity index (χ1v) is 13.9. The molecule has 10 nitrogen and oxygen atoms in total. The van der Waals surface area contributed by atoms with Gasteiger partial charge in [0.05, 0.1) is 21.0 Å². The van der Waals surface area contributed by atoms with E-state index >= 15 is 0 Å². The molecule has 0 spiro atoms. The minimum Gasteiger partial charge on any atom is -0.322 e. The van der Waals surface area contributed by atoms with E-state index in [1.54, 1.807) is 30.3 Å². The van der Waals surface area contributed by atoms with Crippen molar-refractivity contribution in [1.29, 1.82) is 0 Å². The van der Waals surface area contributed by atoms with Crippen molar-refractivity contribution in [3.05, 3.63) is 102 Å². The highest BCUT2D eigenvalue weighted by Crippen LogP contribution is 2.27. The number of aromatic nitrogens is 2. The Morgan fingerprint density at radius 1 is 0.784 bits per heavy atom. The van der Waals surface area contributed by atoms with Crippen LogP contribution in [0.1, 0.15) is 15.9 Å². The molecule has 12 heteroatoms. The molecule has 0 aliphatic carbocycles. The molecule has 1 heterocycles. The number of para-hydroxylation sites is 1. The Kier molecular flexibility index (Phi) is 7.23. The predicted octanol–water partition coefficient (Wildman–Crippen LogP) is 3.66. The summed E-state index contributed by atoms with van der Waals surface area (Å²) < 4.78 is 54.8. The van der Waals surface area contributed by atoms with Crippen molar-refractivity contribution >= 4 is 43.3 Å². The molecule has 190 valence electrons. The van der Waals surface area contributed by atoms with Gasteiger partial charge in [-0.1, -0.05) is 29.8 Å². The van der Waals surface area contributed by atoms with Crippen molar-refractivity contribution in [3.63, 3.8) is 0 Å². The minimum absolute atomic E-state index is 0.0534. The lowest BCUT2D eigenvalue weighted by Gasteiger charge is -2.22. The Hall–Kier alpha value is -4.29. The lowest BCUT2D eigenvalue weighted by Crippen LogP contribution is -2.29. The van der Waals surface area contributed by atoms with Crippen molar-refractivity contribution in [3.8, 4) is 0 Å². The van der Waals surface area contributed by atoms with Crippen LogP contribution in [0.4, 0.5) is 17.3 Å². The molecule has 3 aromatic carbocycles. The van der Waals surface area contributed by atoms with Crippen LogP contribution in [0.15, 0.2) is 101 Å². The van der Waals surface area contributed by atoms with Crippen LogP contribution < -0.4 is 14.3 Å². The van der Waals surface area contributed by atoms with E-state index in [0.717, 1.165) is 9.87 Å². The molecule has 0 atom stereocenters. The Balaban J connectivity index is 1.54. The lowest BCUT2D eigenvalue weighted by molar-refractivity contribution is 0.102. The van der Waals surface area contributed by atoms with Crippen LogP contribution in [-0.4, -0.2) is 39.8 Å². The summed E-state index contributed by atoms with van der Waals surface area (Å²) in [5, 5.41) is 2.68. The van der Waals surface area contributed by atoms with Crippen LogP contribution in [0.25, 0.3) is 0 Å². The van der Waals surface area contributed by atoms with Gasteiger partial charge in [0.25, 0.3) is 26.0 Å². The van der Waals surface area contributed by atoms with Crippen molar-refractivity contribution < 1.29 is 21.6 Å². The number of sulfonamides is 2. The fraction of sp³-hybridized carbons (Fsp3) is 0.0800. The third-order valence-electron chi connectivity index (χ3n) is 5.38. The summed E-state index contributed by atoms with van der Waals surface area (Å²) in [5.74, 6) is -0.630. The molecule has 0 fully saturated rings. The molecule has 0 saturated carbocycles. The van der Waals surface area contributed by atoms with E-state index < -0.39 is 26.0 Å². The Morgan fingerprint density at radius 3 is 2.03 bits per heavy atom. The molecule has 1 aromatic heterocycles.